The Balaban J connectivity index is 1.87. The van der Waals surface area contributed by atoms with Gasteiger partial charge in [-0.15, -0.1) is 0 Å². The molecule has 0 heterocycles. The summed E-state index contributed by atoms with van der Waals surface area (Å²) in [5.74, 6) is 1.14. The number of benzene rings is 1. The minimum atomic E-state index is -3.38. The first kappa shape index (κ1) is 15.0. The van der Waals surface area contributed by atoms with Crippen LogP contribution >= 0.6 is 0 Å². The molecule has 2 fully saturated rings. The third-order valence-corrected chi connectivity index (χ3v) is 6.32. The molecule has 2 N–H and O–H groups in total. The Bertz CT molecular complexity index is 605. The normalized spacial score (nSPS) is 19.2. The van der Waals surface area contributed by atoms with E-state index in [1.165, 1.54) is 25.7 Å². The molecule has 2 aliphatic carbocycles. The lowest BCUT2D eigenvalue weighted by Crippen LogP contribution is -2.34. The van der Waals surface area contributed by atoms with E-state index in [4.69, 9.17) is 5.73 Å². The lowest BCUT2D eigenvalue weighted by atomic mass is 10.1. The Kier molecular flexibility index (Phi) is 4.08. The van der Waals surface area contributed by atoms with Crippen molar-refractivity contribution in [2.45, 2.75) is 44.0 Å². The van der Waals surface area contributed by atoms with Gasteiger partial charge in [-0.25, -0.2) is 8.42 Å². The highest BCUT2D eigenvalue weighted by Gasteiger charge is 2.35. The van der Waals surface area contributed by atoms with Gasteiger partial charge in [-0.1, -0.05) is 6.07 Å². The molecule has 1 aromatic carbocycles. The molecule has 0 aromatic heterocycles. The zero-order chi connectivity index (χ0) is 15.0. The van der Waals surface area contributed by atoms with Gasteiger partial charge in [0.25, 0.3) is 0 Å². The highest BCUT2D eigenvalue weighted by Crippen LogP contribution is 2.36. The van der Waals surface area contributed by atoms with E-state index in [2.05, 4.69) is 0 Å². The Hall–Kier alpha value is -0.910. The quantitative estimate of drug-likeness (QED) is 0.840. The van der Waals surface area contributed by atoms with Gasteiger partial charge in [-0.05, 0) is 67.7 Å². The van der Waals surface area contributed by atoms with Gasteiger partial charge in [0.15, 0.2) is 0 Å². The molecule has 0 aliphatic heterocycles. The average molecular weight is 308 g/mol. The fourth-order valence-corrected chi connectivity index (χ4v) is 4.27. The fraction of sp³-hybridized carbons (Fsp3) is 0.625. The molecule has 0 bridgehead atoms. The van der Waals surface area contributed by atoms with Crippen LogP contribution in [-0.2, 0) is 16.6 Å². The SMILES string of the molecule is Cc1ccc(S(=O)(=O)N(CC2CC2)CC2CC2)cc1CN. The Labute approximate surface area is 127 Å². The maximum absolute atomic E-state index is 12.9. The summed E-state index contributed by atoms with van der Waals surface area (Å²) < 4.78 is 27.6. The third kappa shape index (κ3) is 3.47. The maximum Gasteiger partial charge on any atom is 0.243 e. The van der Waals surface area contributed by atoms with Crippen molar-refractivity contribution in [3.63, 3.8) is 0 Å². The average Bonchev–Trinajstić information content (AvgIpc) is 3.33. The zero-order valence-corrected chi connectivity index (χ0v) is 13.4. The molecule has 2 aliphatic rings. The molecule has 0 unspecified atom stereocenters. The molecular formula is C16H24N2O2S. The predicted octanol–water partition coefficient (Wildman–Crippen LogP) is 2.26. The van der Waals surface area contributed by atoms with E-state index in [0.717, 1.165) is 11.1 Å². The van der Waals surface area contributed by atoms with Crippen molar-refractivity contribution >= 4 is 10.0 Å². The Morgan fingerprint density at radius 2 is 1.71 bits per heavy atom. The van der Waals surface area contributed by atoms with Crippen LogP contribution in [0.25, 0.3) is 0 Å². The van der Waals surface area contributed by atoms with Crippen molar-refractivity contribution in [1.29, 1.82) is 0 Å². The molecule has 116 valence electrons. The van der Waals surface area contributed by atoms with Crippen LogP contribution in [0.1, 0.15) is 36.8 Å². The van der Waals surface area contributed by atoms with Crippen LogP contribution in [0.5, 0.6) is 0 Å². The second-order valence-electron chi connectivity index (χ2n) is 6.50. The van der Waals surface area contributed by atoms with Crippen molar-refractivity contribution in [3.05, 3.63) is 29.3 Å². The molecule has 0 spiro atoms. The van der Waals surface area contributed by atoms with Crippen molar-refractivity contribution in [3.8, 4) is 0 Å². The summed E-state index contributed by atoms with van der Waals surface area (Å²) in [6.45, 7) is 3.71. The first-order valence-electron chi connectivity index (χ1n) is 7.80. The minimum Gasteiger partial charge on any atom is -0.326 e. The van der Waals surface area contributed by atoms with Gasteiger partial charge in [0.2, 0.25) is 10.0 Å². The van der Waals surface area contributed by atoms with Crippen LogP contribution in [0.2, 0.25) is 0 Å². The van der Waals surface area contributed by atoms with E-state index in [9.17, 15) is 8.42 Å². The van der Waals surface area contributed by atoms with Crippen LogP contribution in [0, 0.1) is 18.8 Å². The number of aryl methyl sites for hydroxylation is 1. The molecule has 0 radical (unpaired) electrons. The number of nitrogens with two attached hydrogens (primary N) is 1. The molecule has 0 atom stereocenters. The second kappa shape index (κ2) is 5.71. The largest absolute Gasteiger partial charge is 0.326 e. The molecule has 0 amide bonds. The second-order valence-corrected chi connectivity index (χ2v) is 8.44. The van der Waals surface area contributed by atoms with Gasteiger partial charge >= 0.3 is 0 Å². The molecular weight excluding hydrogens is 284 g/mol. The minimum absolute atomic E-state index is 0.375. The molecule has 4 nitrogen and oxygen atoms in total. The van der Waals surface area contributed by atoms with Gasteiger partial charge in [0, 0.05) is 19.6 Å². The maximum atomic E-state index is 12.9. The standard InChI is InChI=1S/C16H24N2O2S/c1-12-2-7-16(8-15(12)9-17)21(19,20)18(10-13-3-4-13)11-14-5-6-14/h2,7-8,13-14H,3-6,9-11,17H2,1H3. The number of hydrogen-bond donors (Lipinski definition) is 1. The predicted molar refractivity (Wildman–Crippen MR) is 83.3 cm³/mol. The van der Waals surface area contributed by atoms with Crippen molar-refractivity contribution in [1.82, 2.24) is 4.31 Å². The summed E-state index contributed by atoms with van der Waals surface area (Å²) in [6, 6.07) is 5.33. The highest BCUT2D eigenvalue weighted by atomic mass is 32.2. The van der Waals surface area contributed by atoms with E-state index in [1.54, 1.807) is 16.4 Å². The van der Waals surface area contributed by atoms with E-state index in [-0.39, 0.29) is 0 Å². The van der Waals surface area contributed by atoms with E-state index >= 15 is 0 Å². The number of nitrogens with zero attached hydrogens (tertiary/aromatic N) is 1. The lowest BCUT2D eigenvalue weighted by Gasteiger charge is -2.22. The summed E-state index contributed by atoms with van der Waals surface area (Å²) in [5.41, 5.74) is 7.67. The zero-order valence-electron chi connectivity index (χ0n) is 12.6. The Morgan fingerprint density at radius 1 is 1.14 bits per heavy atom. The van der Waals surface area contributed by atoms with Crippen LogP contribution in [0.15, 0.2) is 23.1 Å². The van der Waals surface area contributed by atoms with Crippen molar-refractivity contribution < 1.29 is 8.42 Å². The first-order valence-corrected chi connectivity index (χ1v) is 9.24. The highest BCUT2D eigenvalue weighted by molar-refractivity contribution is 7.89. The lowest BCUT2D eigenvalue weighted by molar-refractivity contribution is 0.382. The van der Waals surface area contributed by atoms with Crippen LogP contribution in [0.4, 0.5) is 0 Å². The smallest absolute Gasteiger partial charge is 0.243 e. The van der Waals surface area contributed by atoms with Gasteiger partial charge in [0.1, 0.15) is 0 Å². The van der Waals surface area contributed by atoms with E-state index in [0.29, 0.717) is 36.4 Å². The monoisotopic (exact) mass is 308 g/mol. The molecule has 5 heteroatoms. The van der Waals surface area contributed by atoms with Crippen LogP contribution < -0.4 is 5.73 Å². The fourth-order valence-electron chi connectivity index (χ4n) is 2.62. The first-order chi connectivity index (χ1) is 10.0. The number of rotatable bonds is 7. The topological polar surface area (TPSA) is 63.4 Å². The van der Waals surface area contributed by atoms with Crippen molar-refractivity contribution in [2.24, 2.45) is 17.6 Å². The molecule has 1 aromatic rings. The summed E-state index contributed by atoms with van der Waals surface area (Å²) in [4.78, 5) is 0.398. The van der Waals surface area contributed by atoms with Gasteiger partial charge in [-0.2, -0.15) is 4.31 Å². The van der Waals surface area contributed by atoms with E-state index in [1.807, 2.05) is 13.0 Å². The molecule has 2 saturated carbocycles. The molecule has 0 saturated heterocycles. The molecule has 21 heavy (non-hydrogen) atoms. The van der Waals surface area contributed by atoms with Gasteiger partial charge in [-0.3, -0.25) is 0 Å². The molecule has 3 rings (SSSR count). The number of sulfonamides is 1. The summed E-state index contributed by atoms with van der Waals surface area (Å²) in [7, 11) is -3.38. The van der Waals surface area contributed by atoms with Crippen LogP contribution in [0.3, 0.4) is 0 Å². The Morgan fingerprint density at radius 3 is 2.19 bits per heavy atom. The summed E-state index contributed by atoms with van der Waals surface area (Å²) in [5, 5.41) is 0. The van der Waals surface area contributed by atoms with Crippen molar-refractivity contribution in [2.75, 3.05) is 13.1 Å². The van der Waals surface area contributed by atoms with Gasteiger partial charge < -0.3 is 5.73 Å². The van der Waals surface area contributed by atoms with E-state index < -0.39 is 10.0 Å². The summed E-state index contributed by atoms with van der Waals surface area (Å²) in [6.07, 6.45) is 4.66. The van der Waals surface area contributed by atoms with Crippen LogP contribution in [-0.4, -0.2) is 25.8 Å². The number of hydrogen-bond acceptors (Lipinski definition) is 3. The third-order valence-electron chi connectivity index (χ3n) is 4.50. The summed E-state index contributed by atoms with van der Waals surface area (Å²) >= 11 is 0. The van der Waals surface area contributed by atoms with Gasteiger partial charge in [0.05, 0.1) is 4.90 Å².